The van der Waals surface area contributed by atoms with E-state index in [4.69, 9.17) is 5.73 Å². The molecule has 16 heavy (non-hydrogen) atoms. The van der Waals surface area contributed by atoms with Gasteiger partial charge in [-0.1, -0.05) is 19.9 Å². The molecule has 0 fully saturated rings. The number of aryl methyl sites for hydroxylation is 1. The number of nitrogens with two attached hydrogens (primary N) is 1. The van der Waals surface area contributed by atoms with Crippen LogP contribution >= 0.6 is 0 Å². The highest BCUT2D eigenvalue weighted by Gasteiger charge is 2.09. The fraction of sp³-hybridized carbons (Fsp3) is 0.615. The minimum atomic E-state index is 0.439. The molecule has 0 saturated heterocycles. The molecule has 1 aromatic heterocycles. The van der Waals surface area contributed by atoms with Gasteiger partial charge in [0.1, 0.15) is 0 Å². The van der Waals surface area contributed by atoms with Crippen LogP contribution in [0.5, 0.6) is 0 Å². The normalized spacial score (nSPS) is 13.0. The van der Waals surface area contributed by atoms with Gasteiger partial charge in [0.05, 0.1) is 0 Å². The largest absolute Gasteiger partial charge is 0.329 e. The standard InChI is InChI=1S/C13H23N3/c1-11(2)13(9-14)16-8-4-6-12-5-3-7-15-10-12/h3,5,7,10-11,13,16H,4,6,8-9,14H2,1-2H3. The molecular weight excluding hydrogens is 198 g/mol. The molecule has 0 spiro atoms. The fourth-order valence-electron chi connectivity index (χ4n) is 1.72. The topological polar surface area (TPSA) is 50.9 Å². The van der Waals surface area contributed by atoms with E-state index in [1.54, 1.807) is 0 Å². The van der Waals surface area contributed by atoms with Gasteiger partial charge in [-0.2, -0.15) is 0 Å². The van der Waals surface area contributed by atoms with Crippen LogP contribution in [0.3, 0.4) is 0 Å². The quantitative estimate of drug-likeness (QED) is 0.687. The highest BCUT2D eigenvalue weighted by atomic mass is 14.9. The van der Waals surface area contributed by atoms with Crippen LogP contribution in [-0.4, -0.2) is 24.1 Å². The maximum Gasteiger partial charge on any atom is 0.0299 e. The molecule has 3 nitrogen and oxygen atoms in total. The zero-order chi connectivity index (χ0) is 11.8. The SMILES string of the molecule is CC(C)C(CN)NCCCc1cccnc1. The summed E-state index contributed by atoms with van der Waals surface area (Å²) in [5, 5.41) is 3.49. The van der Waals surface area contributed by atoms with Gasteiger partial charge >= 0.3 is 0 Å². The van der Waals surface area contributed by atoms with Crippen molar-refractivity contribution in [3.05, 3.63) is 30.1 Å². The van der Waals surface area contributed by atoms with Gasteiger partial charge in [0.2, 0.25) is 0 Å². The van der Waals surface area contributed by atoms with Crippen molar-refractivity contribution < 1.29 is 0 Å². The summed E-state index contributed by atoms with van der Waals surface area (Å²) in [5.74, 6) is 0.600. The Morgan fingerprint density at radius 2 is 2.25 bits per heavy atom. The van der Waals surface area contributed by atoms with Crippen LogP contribution in [0.2, 0.25) is 0 Å². The third-order valence-electron chi connectivity index (χ3n) is 2.83. The van der Waals surface area contributed by atoms with Gasteiger partial charge in [0, 0.05) is 25.0 Å². The van der Waals surface area contributed by atoms with Crippen LogP contribution in [0.15, 0.2) is 24.5 Å². The predicted octanol–water partition coefficient (Wildman–Crippen LogP) is 1.59. The Kier molecular flexibility index (Phi) is 6.04. The molecule has 90 valence electrons. The van der Waals surface area contributed by atoms with Crippen molar-refractivity contribution in [3.8, 4) is 0 Å². The van der Waals surface area contributed by atoms with E-state index in [0.29, 0.717) is 18.5 Å². The lowest BCUT2D eigenvalue weighted by molar-refractivity contribution is 0.404. The third kappa shape index (κ3) is 4.73. The molecule has 1 aromatic rings. The number of nitrogens with one attached hydrogen (secondary N) is 1. The summed E-state index contributed by atoms with van der Waals surface area (Å²) in [6.07, 6.45) is 5.96. The summed E-state index contributed by atoms with van der Waals surface area (Å²) in [7, 11) is 0. The Morgan fingerprint density at radius 3 is 2.81 bits per heavy atom. The van der Waals surface area contributed by atoms with Gasteiger partial charge in [0.25, 0.3) is 0 Å². The average molecular weight is 221 g/mol. The number of hydrogen-bond acceptors (Lipinski definition) is 3. The Hall–Kier alpha value is -0.930. The number of nitrogens with zero attached hydrogens (tertiary/aromatic N) is 1. The van der Waals surface area contributed by atoms with Gasteiger partial charge in [-0.05, 0) is 36.9 Å². The first-order chi connectivity index (χ1) is 7.74. The van der Waals surface area contributed by atoms with Crippen LogP contribution in [0.1, 0.15) is 25.8 Å². The zero-order valence-electron chi connectivity index (χ0n) is 10.3. The van der Waals surface area contributed by atoms with Crippen molar-refractivity contribution in [3.63, 3.8) is 0 Å². The molecule has 1 heterocycles. The maximum absolute atomic E-state index is 5.69. The van der Waals surface area contributed by atoms with Gasteiger partial charge in [0.15, 0.2) is 0 Å². The number of aromatic nitrogens is 1. The molecule has 0 saturated carbocycles. The van der Waals surface area contributed by atoms with Crippen molar-refractivity contribution in [1.82, 2.24) is 10.3 Å². The van der Waals surface area contributed by atoms with Crippen molar-refractivity contribution in [2.75, 3.05) is 13.1 Å². The zero-order valence-corrected chi connectivity index (χ0v) is 10.3. The molecule has 1 rings (SSSR count). The van der Waals surface area contributed by atoms with E-state index < -0.39 is 0 Å². The number of rotatable bonds is 7. The van der Waals surface area contributed by atoms with Crippen LogP contribution in [0, 0.1) is 5.92 Å². The summed E-state index contributed by atoms with van der Waals surface area (Å²) < 4.78 is 0. The lowest BCUT2D eigenvalue weighted by Crippen LogP contribution is -2.40. The summed E-state index contributed by atoms with van der Waals surface area (Å²) >= 11 is 0. The van der Waals surface area contributed by atoms with Crippen molar-refractivity contribution in [1.29, 1.82) is 0 Å². The minimum absolute atomic E-state index is 0.439. The number of hydrogen-bond donors (Lipinski definition) is 2. The lowest BCUT2D eigenvalue weighted by Gasteiger charge is -2.20. The van der Waals surface area contributed by atoms with Crippen molar-refractivity contribution >= 4 is 0 Å². The fourth-order valence-corrected chi connectivity index (χ4v) is 1.72. The highest BCUT2D eigenvalue weighted by molar-refractivity contribution is 5.08. The average Bonchev–Trinajstić information content (AvgIpc) is 2.30. The van der Waals surface area contributed by atoms with E-state index >= 15 is 0 Å². The monoisotopic (exact) mass is 221 g/mol. The molecule has 0 aromatic carbocycles. The van der Waals surface area contributed by atoms with Gasteiger partial charge in [-0.3, -0.25) is 4.98 Å². The Balaban J connectivity index is 2.16. The van der Waals surface area contributed by atoms with E-state index in [0.717, 1.165) is 19.4 Å². The molecule has 0 bridgehead atoms. The second-order valence-corrected chi connectivity index (χ2v) is 4.51. The molecule has 1 atom stereocenters. The molecule has 0 aliphatic heterocycles. The second-order valence-electron chi connectivity index (χ2n) is 4.51. The smallest absolute Gasteiger partial charge is 0.0299 e. The molecular formula is C13H23N3. The van der Waals surface area contributed by atoms with E-state index in [2.05, 4.69) is 30.2 Å². The van der Waals surface area contributed by atoms with Gasteiger partial charge in [-0.25, -0.2) is 0 Å². The molecule has 0 amide bonds. The molecule has 0 aliphatic rings. The Labute approximate surface area is 98.5 Å². The van der Waals surface area contributed by atoms with Crippen molar-refractivity contribution in [2.45, 2.75) is 32.7 Å². The highest BCUT2D eigenvalue weighted by Crippen LogP contribution is 2.02. The first-order valence-corrected chi connectivity index (χ1v) is 6.06. The van der Waals surface area contributed by atoms with E-state index in [1.165, 1.54) is 5.56 Å². The molecule has 1 unspecified atom stereocenters. The van der Waals surface area contributed by atoms with E-state index in [-0.39, 0.29) is 0 Å². The molecule has 3 heteroatoms. The molecule has 0 aliphatic carbocycles. The lowest BCUT2D eigenvalue weighted by atomic mass is 10.0. The summed E-state index contributed by atoms with van der Waals surface area (Å²) in [4.78, 5) is 4.10. The summed E-state index contributed by atoms with van der Waals surface area (Å²) in [6, 6.07) is 4.55. The van der Waals surface area contributed by atoms with Crippen LogP contribution in [0.25, 0.3) is 0 Å². The van der Waals surface area contributed by atoms with Crippen LogP contribution in [-0.2, 0) is 6.42 Å². The summed E-state index contributed by atoms with van der Waals surface area (Å²) in [5.41, 5.74) is 7.00. The molecule has 0 radical (unpaired) electrons. The van der Waals surface area contributed by atoms with Gasteiger partial charge in [-0.15, -0.1) is 0 Å². The van der Waals surface area contributed by atoms with Crippen molar-refractivity contribution in [2.24, 2.45) is 11.7 Å². The third-order valence-corrected chi connectivity index (χ3v) is 2.83. The number of pyridine rings is 1. The molecule has 3 N–H and O–H groups in total. The van der Waals surface area contributed by atoms with Crippen LogP contribution < -0.4 is 11.1 Å². The Bertz CT molecular complexity index is 272. The Morgan fingerprint density at radius 1 is 1.44 bits per heavy atom. The first kappa shape index (κ1) is 13.1. The van der Waals surface area contributed by atoms with E-state index in [1.807, 2.05) is 18.5 Å². The van der Waals surface area contributed by atoms with Crippen LogP contribution in [0.4, 0.5) is 0 Å². The first-order valence-electron chi connectivity index (χ1n) is 6.06. The maximum atomic E-state index is 5.69. The second kappa shape index (κ2) is 7.36. The minimum Gasteiger partial charge on any atom is -0.329 e. The predicted molar refractivity (Wildman–Crippen MR) is 68.2 cm³/mol. The van der Waals surface area contributed by atoms with E-state index in [9.17, 15) is 0 Å². The summed E-state index contributed by atoms with van der Waals surface area (Å²) in [6.45, 7) is 6.14. The van der Waals surface area contributed by atoms with Gasteiger partial charge < -0.3 is 11.1 Å².